The van der Waals surface area contributed by atoms with Crippen LogP contribution >= 0.6 is 0 Å². The van der Waals surface area contributed by atoms with Gasteiger partial charge in [-0.3, -0.25) is 4.79 Å². The van der Waals surface area contributed by atoms with Gasteiger partial charge in [-0.25, -0.2) is 12.7 Å². The highest BCUT2D eigenvalue weighted by molar-refractivity contribution is 7.89. The number of rotatable bonds is 5. The molecule has 0 aliphatic heterocycles. The molecular weight excluding hydrogens is 242 g/mol. The van der Waals surface area contributed by atoms with Gasteiger partial charge >= 0.3 is 5.97 Å². The summed E-state index contributed by atoms with van der Waals surface area (Å²) < 4.78 is 25.1. The number of hydrogen-bond donors (Lipinski definition) is 1. The number of carbonyl (C=O) groups is 1. The van der Waals surface area contributed by atoms with Gasteiger partial charge in [0.2, 0.25) is 10.0 Å². The Hall–Kier alpha value is -1.40. The Morgan fingerprint density at radius 1 is 1.35 bits per heavy atom. The van der Waals surface area contributed by atoms with Gasteiger partial charge in [0.25, 0.3) is 0 Å². The zero-order valence-corrected chi connectivity index (χ0v) is 10.5. The topological polar surface area (TPSA) is 74.7 Å². The van der Waals surface area contributed by atoms with Crippen LogP contribution in [0.25, 0.3) is 0 Å². The Kier molecular flexibility index (Phi) is 4.25. The van der Waals surface area contributed by atoms with Crippen LogP contribution in [0.2, 0.25) is 0 Å². The molecule has 0 fully saturated rings. The van der Waals surface area contributed by atoms with Crippen LogP contribution in [0.5, 0.6) is 0 Å². The first-order chi connectivity index (χ1) is 7.85. The monoisotopic (exact) mass is 257 g/mol. The minimum absolute atomic E-state index is 0.0490. The summed E-state index contributed by atoms with van der Waals surface area (Å²) in [5.74, 6) is -1.75. The zero-order valence-electron chi connectivity index (χ0n) is 9.70. The fourth-order valence-electron chi connectivity index (χ4n) is 1.33. The Labute approximate surface area is 101 Å². The van der Waals surface area contributed by atoms with Gasteiger partial charge in [0.15, 0.2) is 0 Å². The number of nitrogens with zero attached hydrogens (tertiary/aromatic N) is 1. The SMILES string of the molecule is CC(CN(C)S(=O)(=O)c1ccccc1)C(=O)O. The average Bonchev–Trinajstić information content (AvgIpc) is 2.29. The van der Waals surface area contributed by atoms with Crippen molar-refractivity contribution in [3.63, 3.8) is 0 Å². The normalized spacial score (nSPS) is 13.6. The fourth-order valence-corrected chi connectivity index (χ4v) is 2.62. The van der Waals surface area contributed by atoms with E-state index in [1.165, 1.54) is 26.1 Å². The van der Waals surface area contributed by atoms with Gasteiger partial charge in [0.05, 0.1) is 10.8 Å². The second kappa shape index (κ2) is 5.29. The maximum Gasteiger partial charge on any atom is 0.307 e. The lowest BCUT2D eigenvalue weighted by molar-refractivity contribution is -0.141. The Morgan fingerprint density at radius 2 is 1.88 bits per heavy atom. The summed E-state index contributed by atoms with van der Waals surface area (Å²) in [6, 6.07) is 7.94. The molecule has 1 unspecified atom stereocenters. The van der Waals surface area contributed by atoms with E-state index in [1.54, 1.807) is 18.2 Å². The molecule has 0 radical (unpaired) electrons. The quantitative estimate of drug-likeness (QED) is 0.854. The molecule has 0 amide bonds. The van der Waals surface area contributed by atoms with Crippen molar-refractivity contribution in [2.24, 2.45) is 5.92 Å². The van der Waals surface area contributed by atoms with Crippen molar-refractivity contribution in [1.82, 2.24) is 4.31 Å². The standard InChI is InChI=1S/C11H15NO4S/c1-9(11(13)14)8-12(2)17(15,16)10-6-4-3-5-7-10/h3-7,9H,8H2,1-2H3,(H,13,14). The van der Waals surface area contributed by atoms with Gasteiger partial charge in [0.1, 0.15) is 0 Å². The molecule has 0 aliphatic rings. The van der Waals surface area contributed by atoms with E-state index < -0.39 is 21.9 Å². The lowest BCUT2D eigenvalue weighted by atomic mass is 10.2. The van der Waals surface area contributed by atoms with Crippen molar-refractivity contribution in [3.05, 3.63) is 30.3 Å². The Bertz CT molecular complexity index is 483. The molecule has 0 spiro atoms. The van der Waals surface area contributed by atoms with Crippen LogP contribution in [0.15, 0.2) is 35.2 Å². The first kappa shape index (κ1) is 13.7. The summed E-state index contributed by atoms with van der Waals surface area (Å²) in [4.78, 5) is 10.8. The van der Waals surface area contributed by atoms with E-state index in [2.05, 4.69) is 0 Å². The highest BCUT2D eigenvalue weighted by Gasteiger charge is 2.24. The van der Waals surface area contributed by atoms with Crippen molar-refractivity contribution in [3.8, 4) is 0 Å². The van der Waals surface area contributed by atoms with Crippen LogP contribution in [-0.2, 0) is 14.8 Å². The lowest BCUT2D eigenvalue weighted by Crippen LogP contribution is -2.33. The van der Waals surface area contributed by atoms with Crippen molar-refractivity contribution < 1.29 is 18.3 Å². The summed E-state index contributed by atoms with van der Waals surface area (Å²) in [5.41, 5.74) is 0. The number of hydrogen-bond acceptors (Lipinski definition) is 3. The molecule has 1 rings (SSSR count). The molecule has 17 heavy (non-hydrogen) atoms. The molecule has 1 aromatic carbocycles. The van der Waals surface area contributed by atoms with Crippen LogP contribution in [0, 0.1) is 5.92 Å². The smallest absolute Gasteiger partial charge is 0.307 e. The van der Waals surface area contributed by atoms with E-state index in [1.807, 2.05) is 0 Å². The van der Waals surface area contributed by atoms with Crippen molar-refractivity contribution in [1.29, 1.82) is 0 Å². The van der Waals surface area contributed by atoms with Gasteiger partial charge in [-0.2, -0.15) is 0 Å². The van der Waals surface area contributed by atoms with Crippen molar-refractivity contribution in [2.45, 2.75) is 11.8 Å². The molecule has 6 heteroatoms. The molecular formula is C11H15NO4S. The van der Waals surface area contributed by atoms with Crippen molar-refractivity contribution in [2.75, 3.05) is 13.6 Å². The predicted octanol–water partition coefficient (Wildman–Crippen LogP) is 1.03. The number of aliphatic carboxylic acids is 1. The fraction of sp³-hybridized carbons (Fsp3) is 0.364. The van der Waals surface area contributed by atoms with Crippen LogP contribution in [0.1, 0.15) is 6.92 Å². The molecule has 0 heterocycles. The lowest BCUT2D eigenvalue weighted by Gasteiger charge is -2.19. The molecule has 1 N–H and O–H groups in total. The number of carboxylic acid groups (broad SMARTS) is 1. The van der Waals surface area contributed by atoms with Crippen LogP contribution in [-0.4, -0.2) is 37.4 Å². The number of carboxylic acids is 1. The summed E-state index contributed by atoms with van der Waals surface area (Å²) in [6.45, 7) is 1.42. The molecule has 0 saturated heterocycles. The average molecular weight is 257 g/mol. The van der Waals surface area contributed by atoms with E-state index in [-0.39, 0.29) is 11.4 Å². The minimum Gasteiger partial charge on any atom is -0.481 e. The number of benzene rings is 1. The third kappa shape index (κ3) is 3.28. The molecule has 5 nitrogen and oxygen atoms in total. The molecule has 94 valence electrons. The largest absolute Gasteiger partial charge is 0.481 e. The van der Waals surface area contributed by atoms with E-state index in [0.717, 1.165) is 4.31 Å². The van der Waals surface area contributed by atoms with Crippen molar-refractivity contribution >= 4 is 16.0 Å². The number of sulfonamides is 1. The highest BCUT2D eigenvalue weighted by atomic mass is 32.2. The highest BCUT2D eigenvalue weighted by Crippen LogP contribution is 2.14. The molecule has 0 aromatic heterocycles. The van der Waals surface area contributed by atoms with Gasteiger partial charge in [-0.1, -0.05) is 25.1 Å². The second-order valence-electron chi connectivity index (χ2n) is 3.84. The van der Waals surface area contributed by atoms with Gasteiger partial charge in [0, 0.05) is 13.6 Å². The molecule has 1 atom stereocenters. The maximum atomic E-state index is 12.0. The first-order valence-electron chi connectivity index (χ1n) is 5.10. The molecule has 0 aliphatic carbocycles. The molecule has 0 bridgehead atoms. The zero-order chi connectivity index (χ0) is 13.1. The van der Waals surface area contributed by atoms with Gasteiger partial charge in [-0.05, 0) is 12.1 Å². The first-order valence-corrected chi connectivity index (χ1v) is 6.54. The van der Waals surface area contributed by atoms with Crippen LogP contribution < -0.4 is 0 Å². The Balaban J connectivity index is 2.89. The predicted molar refractivity (Wildman–Crippen MR) is 63.1 cm³/mol. The van der Waals surface area contributed by atoms with E-state index >= 15 is 0 Å². The van der Waals surface area contributed by atoms with E-state index in [9.17, 15) is 13.2 Å². The third-order valence-corrected chi connectivity index (χ3v) is 4.24. The molecule has 0 saturated carbocycles. The summed E-state index contributed by atoms with van der Waals surface area (Å²) in [6.07, 6.45) is 0. The summed E-state index contributed by atoms with van der Waals surface area (Å²) in [7, 11) is -2.22. The van der Waals surface area contributed by atoms with Gasteiger partial charge < -0.3 is 5.11 Å². The molecule has 1 aromatic rings. The Morgan fingerprint density at radius 3 is 2.35 bits per heavy atom. The second-order valence-corrected chi connectivity index (χ2v) is 5.88. The van der Waals surface area contributed by atoms with E-state index in [0.29, 0.717) is 0 Å². The van der Waals surface area contributed by atoms with Gasteiger partial charge in [-0.15, -0.1) is 0 Å². The summed E-state index contributed by atoms with van der Waals surface area (Å²) in [5, 5.41) is 8.75. The maximum absolute atomic E-state index is 12.0. The van der Waals surface area contributed by atoms with Crippen LogP contribution in [0.4, 0.5) is 0 Å². The summed E-state index contributed by atoms with van der Waals surface area (Å²) >= 11 is 0. The van der Waals surface area contributed by atoms with Crippen LogP contribution in [0.3, 0.4) is 0 Å². The third-order valence-electron chi connectivity index (χ3n) is 2.40. The minimum atomic E-state index is -3.60. The van der Waals surface area contributed by atoms with E-state index in [4.69, 9.17) is 5.11 Å².